The molecule has 23 heavy (non-hydrogen) atoms. The highest BCUT2D eigenvalue weighted by atomic mass is 32.2. The fourth-order valence-corrected chi connectivity index (χ4v) is 3.89. The van der Waals surface area contributed by atoms with Gasteiger partial charge in [0.2, 0.25) is 0 Å². The largest absolute Gasteiger partial charge is 0.490 e. The number of sulfone groups is 1. The summed E-state index contributed by atoms with van der Waals surface area (Å²) in [6, 6.07) is 7.06. The molecule has 0 atom stereocenters. The highest BCUT2D eigenvalue weighted by Gasteiger charge is 2.23. The first-order valence-electron chi connectivity index (χ1n) is 7.84. The first kappa shape index (κ1) is 17.7. The van der Waals surface area contributed by atoms with Crippen LogP contribution in [0.5, 0.6) is 5.75 Å². The molecule has 0 spiro atoms. The molecule has 1 aliphatic heterocycles. The van der Waals surface area contributed by atoms with E-state index in [1.807, 2.05) is 13.0 Å². The van der Waals surface area contributed by atoms with E-state index in [9.17, 15) is 13.2 Å². The Morgan fingerprint density at radius 1 is 1.22 bits per heavy atom. The molecule has 1 fully saturated rings. The molecule has 128 valence electrons. The van der Waals surface area contributed by atoms with Crippen LogP contribution in [0.1, 0.15) is 30.1 Å². The van der Waals surface area contributed by atoms with E-state index in [1.54, 1.807) is 18.2 Å². The van der Waals surface area contributed by atoms with Gasteiger partial charge in [-0.2, -0.15) is 0 Å². The van der Waals surface area contributed by atoms with Gasteiger partial charge < -0.3 is 14.8 Å². The average molecular weight is 341 g/mol. The summed E-state index contributed by atoms with van der Waals surface area (Å²) in [5, 5.41) is 2.74. The van der Waals surface area contributed by atoms with Gasteiger partial charge in [0.05, 0.1) is 29.8 Å². The van der Waals surface area contributed by atoms with E-state index < -0.39 is 9.84 Å². The van der Waals surface area contributed by atoms with Gasteiger partial charge in [-0.15, -0.1) is 0 Å². The minimum atomic E-state index is -2.87. The zero-order valence-electron chi connectivity index (χ0n) is 13.3. The summed E-state index contributed by atoms with van der Waals surface area (Å²) in [4.78, 5) is 11.9. The van der Waals surface area contributed by atoms with Crippen LogP contribution >= 0.6 is 0 Å². The molecule has 1 N–H and O–H groups in total. The number of carbonyl (C=O) groups excluding carboxylic acids is 1. The lowest BCUT2D eigenvalue weighted by Gasteiger charge is -2.22. The van der Waals surface area contributed by atoms with E-state index in [0.29, 0.717) is 43.9 Å². The quantitative estimate of drug-likeness (QED) is 0.758. The molecular weight excluding hydrogens is 318 g/mol. The SMILES string of the molecule is CCNC(=O)c1ccccc1OCCOC1CCS(=O)(=O)CC1. The van der Waals surface area contributed by atoms with Crippen LogP contribution in [0.2, 0.25) is 0 Å². The average Bonchev–Trinajstić information content (AvgIpc) is 2.53. The van der Waals surface area contributed by atoms with Gasteiger partial charge in [-0.1, -0.05) is 12.1 Å². The van der Waals surface area contributed by atoms with Crippen LogP contribution < -0.4 is 10.1 Å². The molecule has 1 heterocycles. The van der Waals surface area contributed by atoms with E-state index in [1.165, 1.54) is 0 Å². The van der Waals surface area contributed by atoms with Gasteiger partial charge in [-0.3, -0.25) is 4.79 Å². The smallest absolute Gasteiger partial charge is 0.255 e. The predicted molar refractivity (Wildman–Crippen MR) is 87.6 cm³/mol. The van der Waals surface area contributed by atoms with Crippen molar-refractivity contribution in [2.24, 2.45) is 0 Å². The summed E-state index contributed by atoms with van der Waals surface area (Å²) < 4.78 is 34.0. The van der Waals surface area contributed by atoms with Gasteiger partial charge in [0, 0.05) is 6.54 Å². The first-order chi connectivity index (χ1) is 11.0. The molecular formula is C16H23NO5S. The number of rotatable bonds is 7. The molecule has 0 saturated carbocycles. The number of hydrogen-bond donors (Lipinski definition) is 1. The molecule has 1 aromatic rings. The lowest BCUT2D eigenvalue weighted by molar-refractivity contribution is 0.0283. The predicted octanol–water partition coefficient (Wildman–Crippen LogP) is 1.41. The van der Waals surface area contributed by atoms with Gasteiger partial charge in [0.1, 0.15) is 12.4 Å². The molecule has 1 saturated heterocycles. The number of carbonyl (C=O) groups is 1. The van der Waals surface area contributed by atoms with E-state index in [-0.39, 0.29) is 23.5 Å². The second-order valence-corrected chi connectivity index (χ2v) is 7.73. The summed E-state index contributed by atoms with van der Waals surface area (Å²) in [6.45, 7) is 3.11. The highest BCUT2D eigenvalue weighted by molar-refractivity contribution is 7.91. The lowest BCUT2D eigenvalue weighted by Crippen LogP contribution is -2.30. The second kappa shape index (κ2) is 8.31. The van der Waals surface area contributed by atoms with Gasteiger partial charge in [-0.25, -0.2) is 8.42 Å². The van der Waals surface area contributed by atoms with E-state index >= 15 is 0 Å². The van der Waals surface area contributed by atoms with E-state index in [2.05, 4.69) is 5.32 Å². The summed E-state index contributed by atoms with van der Waals surface area (Å²) in [5.41, 5.74) is 0.498. The number of amides is 1. The van der Waals surface area contributed by atoms with Crippen molar-refractivity contribution in [2.45, 2.75) is 25.9 Å². The van der Waals surface area contributed by atoms with Gasteiger partial charge in [0.15, 0.2) is 9.84 Å². The number of para-hydroxylation sites is 1. The van der Waals surface area contributed by atoms with Crippen molar-refractivity contribution in [3.05, 3.63) is 29.8 Å². The monoisotopic (exact) mass is 341 g/mol. The molecule has 2 rings (SSSR count). The van der Waals surface area contributed by atoms with E-state index in [4.69, 9.17) is 9.47 Å². The molecule has 1 amide bonds. The van der Waals surface area contributed by atoms with Gasteiger partial charge >= 0.3 is 0 Å². The summed E-state index contributed by atoms with van der Waals surface area (Å²) in [5.74, 6) is 0.742. The molecule has 0 unspecified atom stereocenters. The lowest BCUT2D eigenvalue weighted by atomic mass is 10.2. The Labute approximate surface area is 137 Å². The van der Waals surface area contributed by atoms with Crippen LogP contribution in [-0.2, 0) is 14.6 Å². The zero-order chi connectivity index (χ0) is 16.7. The topological polar surface area (TPSA) is 81.7 Å². The van der Waals surface area contributed by atoms with Crippen molar-refractivity contribution in [2.75, 3.05) is 31.3 Å². The molecule has 0 aliphatic carbocycles. The van der Waals surface area contributed by atoms with Crippen molar-refractivity contribution < 1.29 is 22.7 Å². The van der Waals surface area contributed by atoms with Crippen LogP contribution in [0.25, 0.3) is 0 Å². The standard InChI is InChI=1S/C16H23NO5S/c1-2-17-16(18)14-5-3-4-6-15(14)22-10-9-21-13-7-11-23(19,20)12-8-13/h3-6,13H,2,7-12H2,1H3,(H,17,18). The van der Waals surface area contributed by atoms with Crippen LogP contribution in [-0.4, -0.2) is 51.7 Å². The molecule has 6 nitrogen and oxygen atoms in total. The van der Waals surface area contributed by atoms with Crippen LogP contribution in [0.3, 0.4) is 0 Å². The number of hydrogen-bond acceptors (Lipinski definition) is 5. The van der Waals surface area contributed by atoms with Crippen molar-refractivity contribution in [3.63, 3.8) is 0 Å². The molecule has 0 aromatic heterocycles. The maximum atomic E-state index is 11.9. The molecule has 1 aromatic carbocycles. The Bertz CT molecular complexity index is 615. The van der Waals surface area contributed by atoms with Crippen molar-refractivity contribution in [3.8, 4) is 5.75 Å². The minimum Gasteiger partial charge on any atom is -0.490 e. The summed E-state index contributed by atoms with van der Waals surface area (Å²) in [6.07, 6.45) is 1.05. The third-order valence-corrected chi connectivity index (χ3v) is 5.38. The molecule has 1 aliphatic rings. The maximum absolute atomic E-state index is 11.9. The Hall–Kier alpha value is -1.60. The van der Waals surface area contributed by atoms with Gasteiger partial charge in [0.25, 0.3) is 5.91 Å². The zero-order valence-corrected chi connectivity index (χ0v) is 14.1. The first-order valence-corrected chi connectivity index (χ1v) is 9.66. The van der Waals surface area contributed by atoms with Crippen LogP contribution in [0, 0.1) is 0 Å². The Balaban J connectivity index is 1.77. The third-order valence-electron chi connectivity index (χ3n) is 3.67. The highest BCUT2D eigenvalue weighted by Crippen LogP contribution is 2.18. The maximum Gasteiger partial charge on any atom is 0.255 e. The van der Waals surface area contributed by atoms with Crippen molar-refractivity contribution >= 4 is 15.7 Å². The Morgan fingerprint density at radius 3 is 2.61 bits per heavy atom. The van der Waals surface area contributed by atoms with Crippen molar-refractivity contribution in [1.82, 2.24) is 5.32 Å². The van der Waals surface area contributed by atoms with Gasteiger partial charge in [-0.05, 0) is 31.9 Å². The normalized spacial score (nSPS) is 17.6. The van der Waals surface area contributed by atoms with Crippen molar-refractivity contribution in [1.29, 1.82) is 0 Å². The van der Waals surface area contributed by atoms with Crippen LogP contribution in [0.4, 0.5) is 0 Å². The third kappa shape index (κ3) is 5.51. The molecule has 0 bridgehead atoms. The number of benzene rings is 1. The van der Waals surface area contributed by atoms with E-state index in [0.717, 1.165) is 0 Å². The summed E-state index contributed by atoms with van der Waals surface area (Å²) >= 11 is 0. The Kier molecular flexibility index (Phi) is 6.41. The fraction of sp³-hybridized carbons (Fsp3) is 0.562. The second-order valence-electron chi connectivity index (χ2n) is 5.43. The Morgan fingerprint density at radius 2 is 1.91 bits per heavy atom. The summed E-state index contributed by atoms with van der Waals surface area (Å²) in [7, 11) is -2.87. The minimum absolute atomic E-state index is 0.0271. The molecule has 7 heteroatoms. The number of ether oxygens (including phenoxy) is 2. The number of nitrogens with one attached hydrogen (secondary N) is 1. The van der Waals surface area contributed by atoms with Crippen LogP contribution in [0.15, 0.2) is 24.3 Å². The molecule has 0 radical (unpaired) electrons. The fourth-order valence-electron chi connectivity index (χ4n) is 2.44.